The van der Waals surface area contributed by atoms with E-state index in [1.54, 1.807) is 7.11 Å². The normalized spacial score (nSPS) is 17.4. The number of aromatic nitrogens is 1. The third kappa shape index (κ3) is 1.76. The fourth-order valence-electron chi connectivity index (χ4n) is 2.49. The van der Waals surface area contributed by atoms with Crippen molar-refractivity contribution in [1.29, 1.82) is 0 Å². The number of oxime groups is 1. The molecular weight excluding hydrogens is 280 g/mol. The topological polar surface area (TPSA) is 37.4 Å². The van der Waals surface area contributed by atoms with Crippen LogP contribution in [0.5, 0.6) is 0 Å². The molecule has 2 aromatic rings. The van der Waals surface area contributed by atoms with Crippen molar-refractivity contribution < 1.29 is 4.84 Å². The van der Waals surface area contributed by atoms with Crippen LogP contribution in [0.3, 0.4) is 0 Å². The van der Waals surface area contributed by atoms with Gasteiger partial charge in [0.05, 0.1) is 5.69 Å². The minimum atomic E-state index is 0.981. The molecule has 0 spiro atoms. The lowest BCUT2D eigenvalue weighted by atomic mass is 9.94. The summed E-state index contributed by atoms with van der Waals surface area (Å²) in [5.74, 6) is 0. The summed E-state index contributed by atoms with van der Waals surface area (Å²) in [5.41, 5.74) is 4.71. The van der Waals surface area contributed by atoms with Gasteiger partial charge >= 0.3 is 0 Å². The van der Waals surface area contributed by atoms with Crippen LogP contribution in [-0.4, -0.2) is 17.8 Å². The molecule has 0 bridgehead atoms. The Kier molecular flexibility index (Phi) is 2.67. The van der Waals surface area contributed by atoms with Crippen molar-refractivity contribution in [3.05, 3.63) is 33.9 Å². The Morgan fingerprint density at radius 3 is 3.06 bits per heavy atom. The number of nitrogens with one attached hydrogen (secondary N) is 1. The Morgan fingerprint density at radius 1 is 1.35 bits per heavy atom. The van der Waals surface area contributed by atoms with Crippen molar-refractivity contribution in [2.75, 3.05) is 7.11 Å². The van der Waals surface area contributed by atoms with Crippen LogP contribution in [0.2, 0.25) is 0 Å². The fraction of sp³-hybridized carbons (Fsp3) is 0.308. The van der Waals surface area contributed by atoms with E-state index < -0.39 is 0 Å². The zero-order valence-electron chi connectivity index (χ0n) is 9.59. The average molecular weight is 293 g/mol. The Bertz CT molecular complexity index is 601. The van der Waals surface area contributed by atoms with Gasteiger partial charge in [0.15, 0.2) is 0 Å². The number of fused-ring (bicyclic) bond motifs is 3. The third-order valence-corrected chi connectivity index (χ3v) is 3.69. The Labute approximate surface area is 108 Å². The molecule has 1 aliphatic rings. The van der Waals surface area contributed by atoms with Gasteiger partial charge in [-0.3, -0.25) is 0 Å². The van der Waals surface area contributed by atoms with Gasteiger partial charge in [-0.15, -0.1) is 0 Å². The van der Waals surface area contributed by atoms with Gasteiger partial charge in [0, 0.05) is 15.4 Å². The van der Waals surface area contributed by atoms with Crippen LogP contribution in [-0.2, 0) is 11.3 Å². The molecule has 1 aromatic heterocycles. The van der Waals surface area contributed by atoms with Gasteiger partial charge in [0.25, 0.3) is 0 Å². The monoisotopic (exact) mass is 292 g/mol. The van der Waals surface area contributed by atoms with E-state index in [-0.39, 0.29) is 0 Å². The number of H-pyrrole nitrogens is 1. The van der Waals surface area contributed by atoms with Gasteiger partial charge in [-0.2, -0.15) is 0 Å². The molecule has 0 aliphatic heterocycles. The maximum atomic E-state index is 4.92. The van der Waals surface area contributed by atoms with Gasteiger partial charge in [0.2, 0.25) is 0 Å². The van der Waals surface area contributed by atoms with Gasteiger partial charge in [0.1, 0.15) is 12.8 Å². The standard InChI is InChI=1S/C13H13BrN2O/c1-17-16-12-4-2-3-9-10-7-8(14)5-6-11(10)15-13(9)12/h5-7,15H,2-4H2,1H3/b16-12+. The SMILES string of the molecule is CO/N=C1\CCCc2c1[nH]c1ccc(Br)cc21. The van der Waals surface area contributed by atoms with E-state index in [1.807, 2.05) is 0 Å². The summed E-state index contributed by atoms with van der Waals surface area (Å²) in [4.78, 5) is 8.36. The molecule has 4 heteroatoms. The molecule has 0 radical (unpaired) electrons. The molecule has 0 amide bonds. The van der Waals surface area contributed by atoms with Crippen LogP contribution in [0.1, 0.15) is 24.1 Å². The second-order valence-corrected chi connectivity index (χ2v) is 5.16. The Balaban J connectivity index is 2.25. The molecule has 88 valence electrons. The van der Waals surface area contributed by atoms with Crippen LogP contribution < -0.4 is 0 Å². The van der Waals surface area contributed by atoms with Crippen molar-refractivity contribution in [3.8, 4) is 0 Å². The Morgan fingerprint density at radius 2 is 2.24 bits per heavy atom. The summed E-state index contributed by atoms with van der Waals surface area (Å²) >= 11 is 3.52. The van der Waals surface area contributed by atoms with E-state index in [1.165, 1.54) is 16.5 Å². The largest absolute Gasteiger partial charge is 0.399 e. The zero-order chi connectivity index (χ0) is 11.8. The van der Waals surface area contributed by atoms with E-state index in [4.69, 9.17) is 4.84 Å². The minimum absolute atomic E-state index is 0.981. The Hall–Kier alpha value is -1.29. The molecule has 1 N–H and O–H groups in total. The highest BCUT2D eigenvalue weighted by Gasteiger charge is 2.21. The maximum Gasteiger partial charge on any atom is 0.106 e. The van der Waals surface area contributed by atoms with E-state index in [9.17, 15) is 0 Å². The van der Waals surface area contributed by atoms with Crippen LogP contribution in [0.4, 0.5) is 0 Å². The lowest BCUT2D eigenvalue weighted by molar-refractivity contribution is 0.212. The van der Waals surface area contributed by atoms with E-state index in [0.29, 0.717) is 0 Å². The molecule has 0 fully saturated rings. The average Bonchev–Trinajstić information content (AvgIpc) is 2.69. The predicted octanol–water partition coefficient (Wildman–Crippen LogP) is 3.62. The summed E-state index contributed by atoms with van der Waals surface area (Å²) < 4.78 is 1.11. The van der Waals surface area contributed by atoms with Crippen molar-refractivity contribution in [1.82, 2.24) is 4.98 Å². The van der Waals surface area contributed by atoms with Crippen LogP contribution >= 0.6 is 15.9 Å². The summed E-state index contributed by atoms with van der Waals surface area (Å²) in [5, 5.41) is 5.41. The highest BCUT2D eigenvalue weighted by Crippen LogP contribution is 2.31. The number of halogens is 1. The quantitative estimate of drug-likeness (QED) is 0.801. The van der Waals surface area contributed by atoms with Crippen molar-refractivity contribution in [3.63, 3.8) is 0 Å². The summed E-state index contributed by atoms with van der Waals surface area (Å²) in [7, 11) is 1.60. The first kappa shape index (κ1) is 10.8. The summed E-state index contributed by atoms with van der Waals surface area (Å²) in [6, 6.07) is 6.32. The van der Waals surface area contributed by atoms with Crippen LogP contribution in [0.25, 0.3) is 10.9 Å². The number of hydrogen-bond donors (Lipinski definition) is 1. The molecule has 3 rings (SSSR count). The van der Waals surface area contributed by atoms with E-state index >= 15 is 0 Å². The molecule has 0 saturated carbocycles. The first-order valence-corrected chi connectivity index (χ1v) is 6.49. The number of aryl methyl sites for hydroxylation is 1. The fourth-order valence-corrected chi connectivity index (χ4v) is 2.85. The third-order valence-electron chi connectivity index (χ3n) is 3.20. The lowest BCUT2D eigenvalue weighted by Crippen LogP contribution is -2.11. The number of benzene rings is 1. The molecule has 0 saturated heterocycles. The van der Waals surface area contributed by atoms with Gasteiger partial charge < -0.3 is 9.82 Å². The molecule has 1 aliphatic carbocycles. The van der Waals surface area contributed by atoms with Crippen molar-refractivity contribution in [2.24, 2.45) is 5.16 Å². The van der Waals surface area contributed by atoms with Crippen molar-refractivity contribution in [2.45, 2.75) is 19.3 Å². The lowest BCUT2D eigenvalue weighted by Gasteiger charge is -2.13. The number of nitrogens with zero attached hydrogens (tertiary/aromatic N) is 1. The smallest absolute Gasteiger partial charge is 0.106 e. The first-order valence-electron chi connectivity index (χ1n) is 5.70. The second-order valence-electron chi connectivity index (χ2n) is 4.24. The van der Waals surface area contributed by atoms with Gasteiger partial charge in [-0.1, -0.05) is 21.1 Å². The maximum absolute atomic E-state index is 4.92. The highest BCUT2D eigenvalue weighted by atomic mass is 79.9. The molecule has 0 unspecified atom stereocenters. The molecule has 17 heavy (non-hydrogen) atoms. The molecule has 0 atom stereocenters. The number of hydrogen-bond acceptors (Lipinski definition) is 2. The van der Waals surface area contributed by atoms with Gasteiger partial charge in [-0.05, 0) is 43.0 Å². The predicted molar refractivity (Wildman–Crippen MR) is 72.5 cm³/mol. The second kappa shape index (κ2) is 4.18. The highest BCUT2D eigenvalue weighted by molar-refractivity contribution is 9.10. The zero-order valence-corrected chi connectivity index (χ0v) is 11.2. The summed E-state index contributed by atoms with van der Waals surface area (Å²) in [6.45, 7) is 0. The first-order chi connectivity index (χ1) is 8.29. The number of aromatic amines is 1. The van der Waals surface area contributed by atoms with Crippen LogP contribution in [0.15, 0.2) is 27.8 Å². The van der Waals surface area contributed by atoms with Crippen molar-refractivity contribution >= 4 is 32.5 Å². The van der Waals surface area contributed by atoms with Gasteiger partial charge in [-0.25, -0.2) is 0 Å². The minimum Gasteiger partial charge on any atom is -0.399 e. The molecular formula is C13H13BrN2O. The molecule has 3 nitrogen and oxygen atoms in total. The van der Waals surface area contributed by atoms with E-state index in [0.717, 1.165) is 35.1 Å². The summed E-state index contributed by atoms with van der Waals surface area (Å²) in [6.07, 6.45) is 3.22. The molecule has 1 heterocycles. The number of rotatable bonds is 1. The van der Waals surface area contributed by atoms with Crippen LogP contribution in [0, 0.1) is 0 Å². The molecule has 1 aromatic carbocycles. The van der Waals surface area contributed by atoms with E-state index in [2.05, 4.69) is 44.3 Å².